The summed E-state index contributed by atoms with van der Waals surface area (Å²) in [5.74, 6) is 0.612. The number of fused-ring (bicyclic) bond motifs is 1. The van der Waals surface area contributed by atoms with Crippen LogP contribution in [0.2, 0.25) is 0 Å². The molecule has 0 saturated heterocycles. The molecule has 0 saturated carbocycles. The van der Waals surface area contributed by atoms with Gasteiger partial charge in [-0.2, -0.15) is 0 Å². The number of carbonyl (C=O) groups excluding carboxylic acids is 1. The third-order valence-corrected chi connectivity index (χ3v) is 7.43. The van der Waals surface area contributed by atoms with E-state index in [2.05, 4.69) is 5.32 Å². The predicted molar refractivity (Wildman–Crippen MR) is 139 cm³/mol. The third-order valence-electron chi connectivity index (χ3n) is 6.31. The fraction of sp³-hybridized carbons (Fsp3) is 0.321. The lowest BCUT2D eigenvalue weighted by molar-refractivity contribution is 0.0619. The van der Waals surface area contributed by atoms with E-state index < -0.39 is 10.0 Å². The molecule has 0 aromatic heterocycles. The molecule has 0 aliphatic carbocycles. The molecule has 3 aromatic rings. The average Bonchev–Trinajstić information content (AvgIpc) is 2.77. The fourth-order valence-corrected chi connectivity index (χ4v) is 5.66. The second-order valence-corrected chi connectivity index (χ2v) is 11.7. The van der Waals surface area contributed by atoms with E-state index in [0.29, 0.717) is 17.7 Å². The summed E-state index contributed by atoms with van der Waals surface area (Å²) in [6.07, 6.45) is 1.88. The van der Waals surface area contributed by atoms with Gasteiger partial charge in [-0.05, 0) is 62.6 Å². The molecule has 1 heterocycles. The number of nitrogens with one attached hydrogen (secondary N) is 1. The van der Waals surface area contributed by atoms with Gasteiger partial charge in [-0.25, -0.2) is 8.42 Å². The van der Waals surface area contributed by atoms with E-state index in [1.807, 2.05) is 82.3 Å². The van der Waals surface area contributed by atoms with Crippen LogP contribution in [0.1, 0.15) is 58.9 Å². The molecule has 0 radical (unpaired) electrons. The Bertz CT molecular complexity index is 1330. The van der Waals surface area contributed by atoms with E-state index >= 15 is 0 Å². The molecule has 0 spiro atoms. The van der Waals surface area contributed by atoms with Crippen molar-refractivity contribution in [2.45, 2.75) is 52.3 Å². The van der Waals surface area contributed by atoms with E-state index in [0.717, 1.165) is 28.0 Å². The van der Waals surface area contributed by atoms with Crippen LogP contribution in [0.5, 0.6) is 5.75 Å². The second kappa shape index (κ2) is 9.38. The first-order valence-corrected chi connectivity index (χ1v) is 13.5. The number of hydrogen-bond acceptors (Lipinski definition) is 4. The minimum absolute atomic E-state index is 0.160. The van der Waals surface area contributed by atoms with Crippen molar-refractivity contribution in [1.29, 1.82) is 0 Å². The van der Waals surface area contributed by atoms with E-state index in [1.54, 1.807) is 12.1 Å². The molecule has 0 bridgehead atoms. The van der Waals surface area contributed by atoms with E-state index in [1.165, 1.54) is 10.6 Å². The molecule has 184 valence electrons. The first-order valence-electron chi connectivity index (χ1n) is 11.7. The van der Waals surface area contributed by atoms with Crippen LogP contribution in [0.25, 0.3) is 0 Å². The molecular formula is C28H32N2O4S. The number of anilines is 1. The molecular weight excluding hydrogens is 460 g/mol. The highest BCUT2D eigenvalue weighted by Crippen LogP contribution is 2.39. The zero-order valence-electron chi connectivity index (χ0n) is 20.8. The lowest BCUT2D eigenvalue weighted by atomic mass is 9.89. The zero-order chi connectivity index (χ0) is 25.4. The molecule has 7 heteroatoms. The molecule has 1 N–H and O–H groups in total. The molecule has 6 nitrogen and oxygen atoms in total. The largest absolute Gasteiger partial charge is 0.487 e. The highest BCUT2D eigenvalue weighted by atomic mass is 32.2. The van der Waals surface area contributed by atoms with Gasteiger partial charge in [0.1, 0.15) is 11.4 Å². The Balaban J connectivity index is 1.53. The summed E-state index contributed by atoms with van der Waals surface area (Å²) in [7, 11) is -3.50. The predicted octanol–water partition coefficient (Wildman–Crippen LogP) is 5.30. The third kappa shape index (κ3) is 5.51. The number of aryl methyl sites for hydroxylation is 2. The van der Waals surface area contributed by atoms with E-state index in [9.17, 15) is 13.2 Å². The second-order valence-electron chi connectivity index (χ2n) is 9.84. The van der Waals surface area contributed by atoms with Gasteiger partial charge >= 0.3 is 0 Å². The minimum atomic E-state index is -3.50. The van der Waals surface area contributed by atoms with Crippen LogP contribution in [0.4, 0.5) is 5.69 Å². The summed E-state index contributed by atoms with van der Waals surface area (Å²) in [5.41, 5.74) is 4.38. The number of sulfonamides is 1. The van der Waals surface area contributed by atoms with Crippen LogP contribution in [-0.4, -0.2) is 26.2 Å². The number of nitrogens with zero attached hydrogens (tertiary/aromatic N) is 1. The Hall–Kier alpha value is -3.32. The Morgan fingerprint density at radius 3 is 2.26 bits per heavy atom. The van der Waals surface area contributed by atoms with Gasteiger partial charge in [0.05, 0.1) is 24.5 Å². The van der Waals surface area contributed by atoms with Crippen LogP contribution < -0.4 is 14.4 Å². The lowest BCUT2D eigenvalue weighted by Crippen LogP contribution is -2.41. The van der Waals surface area contributed by atoms with Gasteiger partial charge in [-0.1, -0.05) is 48.5 Å². The molecule has 3 aromatic carbocycles. The fourth-order valence-electron chi connectivity index (χ4n) is 4.66. The number of para-hydroxylation sites is 2. The Kier molecular flexibility index (Phi) is 6.64. The maximum atomic E-state index is 13.1. The summed E-state index contributed by atoms with van der Waals surface area (Å²) >= 11 is 0. The van der Waals surface area contributed by atoms with Gasteiger partial charge < -0.3 is 10.1 Å². The van der Waals surface area contributed by atoms with E-state index in [4.69, 9.17) is 4.74 Å². The number of carbonyl (C=O) groups is 1. The quantitative estimate of drug-likeness (QED) is 0.507. The molecule has 1 amide bonds. The van der Waals surface area contributed by atoms with Crippen LogP contribution in [0, 0.1) is 13.8 Å². The smallest absolute Gasteiger partial charge is 0.251 e. The molecule has 35 heavy (non-hydrogen) atoms. The molecule has 0 fully saturated rings. The average molecular weight is 493 g/mol. The van der Waals surface area contributed by atoms with Crippen LogP contribution in [0.15, 0.2) is 66.7 Å². The van der Waals surface area contributed by atoms with Gasteiger partial charge in [-0.15, -0.1) is 0 Å². The SMILES string of the molecule is Cc1cccc(C)c1N(Cc1ccc(C(=O)NC2CC(C)(C)Oc3ccccc32)cc1)S(C)(=O)=O. The number of benzene rings is 3. The summed E-state index contributed by atoms with van der Waals surface area (Å²) in [4.78, 5) is 13.1. The molecule has 1 atom stereocenters. The maximum Gasteiger partial charge on any atom is 0.251 e. The van der Waals surface area contributed by atoms with Gasteiger partial charge in [0.15, 0.2) is 0 Å². The summed E-state index contributed by atoms with van der Waals surface area (Å²) in [5, 5.41) is 3.15. The van der Waals surface area contributed by atoms with E-state index in [-0.39, 0.29) is 24.1 Å². The zero-order valence-corrected chi connectivity index (χ0v) is 21.6. The van der Waals surface area contributed by atoms with Crippen LogP contribution >= 0.6 is 0 Å². The first-order chi connectivity index (χ1) is 16.4. The molecule has 1 aliphatic heterocycles. The topological polar surface area (TPSA) is 75.7 Å². The normalized spacial score (nSPS) is 16.7. The number of ether oxygens (including phenoxy) is 1. The van der Waals surface area contributed by atoms with Crippen molar-refractivity contribution < 1.29 is 17.9 Å². The van der Waals surface area contributed by atoms with Crippen LogP contribution in [0.3, 0.4) is 0 Å². The molecule has 1 aliphatic rings. The van der Waals surface area contributed by atoms with Crippen LogP contribution in [-0.2, 0) is 16.6 Å². The Morgan fingerprint density at radius 1 is 1.00 bits per heavy atom. The van der Waals surface area contributed by atoms with Crippen molar-refractivity contribution in [3.05, 3.63) is 94.5 Å². The summed E-state index contributed by atoms with van der Waals surface area (Å²) in [6, 6.07) is 20.4. The Morgan fingerprint density at radius 2 is 1.63 bits per heavy atom. The minimum Gasteiger partial charge on any atom is -0.487 e. The lowest BCUT2D eigenvalue weighted by Gasteiger charge is -2.37. The molecule has 4 rings (SSSR count). The van der Waals surface area contributed by atoms with Crippen molar-refractivity contribution in [2.75, 3.05) is 10.6 Å². The van der Waals surface area contributed by atoms with Crippen molar-refractivity contribution in [2.24, 2.45) is 0 Å². The standard InChI is InChI=1S/C28H32N2O4S/c1-19-9-8-10-20(2)26(19)30(35(5,32)33)18-21-13-15-22(16-14-21)27(31)29-24-17-28(3,4)34-25-12-7-6-11-23(24)25/h6-16,24H,17-18H2,1-5H3,(H,29,31). The van der Waals surface area contributed by atoms with Crippen molar-refractivity contribution in [3.8, 4) is 5.75 Å². The number of rotatable bonds is 6. The molecule has 1 unspecified atom stereocenters. The highest BCUT2D eigenvalue weighted by molar-refractivity contribution is 7.92. The van der Waals surface area contributed by atoms with Gasteiger partial charge in [0.2, 0.25) is 10.0 Å². The Labute approximate surface area is 208 Å². The number of amides is 1. The highest BCUT2D eigenvalue weighted by Gasteiger charge is 2.34. The monoisotopic (exact) mass is 492 g/mol. The number of hydrogen-bond donors (Lipinski definition) is 1. The van der Waals surface area contributed by atoms with Crippen molar-refractivity contribution in [1.82, 2.24) is 5.32 Å². The van der Waals surface area contributed by atoms with Gasteiger partial charge in [0.25, 0.3) is 5.91 Å². The summed E-state index contributed by atoms with van der Waals surface area (Å²) in [6.45, 7) is 8.03. The maximum absolute atomic E-state index is 13.1. The first kappa shape index (κ1) is 24.8. The van der Waals surface area contributed by atoms with Gasteiger partial charge in [-0.3, -0.25) is 9.10 Å². The van der Waals surface area contributed by atoms with Crippen molar-refractivity contribution >= 4 is 21.6 Å². The van der Waals surface area contributed by atoms with Crippen molar-refractivity contribution in [3.63, 3.8) is 0 Å². The van der Waals surface area contributed by atoms with Gasteiger partial charge in [0, 0.05) is 17.5 Å². The summed E-state index contributed by atoms with van der Waals surface area (Å²) < 4.78 is 32.8.